The predicted molar refractivity (Wildman–Crippen MR) is 193 cm³/mol. The van der Waals surface area contributed by atoms with E-state index in [1.54, 1.807) is 6.92 Å². The summed E-state index contributed by atoms with van der Waals surface area (Å²) in [4.78, 5) is 15.8. The summed E-state index contributed by atoms with van der Waals surface area (Å²) in [6.45, 7) is 2.64. The van der Waals surface area contributed by atoms with Gasteiger partial charge >= 0.3 is 5.97 Å². The summed E-state index contributed by atoms with van der Waals surface area (Å²) >= 11 is 0. The Labute approximate surface area is 277 Å². The Morgan fingerprint density at radius 1 is 0.468 bits per heavy atom. The molecule has 0 unspecified atom stereocenters. The van der Waals surface area contributed by atoms with Gasteiger partial charge < -0.3 is 19.3 Å². The highest BCUT2D eigenvalue weighted by Gasteiger charge is 2.14. The summed E-state index contributed by atoms with van der Waals surface area (Å²) in [5.41, 5.74) is 8.79. The predicted octanol–water partition coefficient (Wildman–Crippen LogP) is 11.0. The van der Waals surface area contributed by atoms with Crippen molar-refractivity contribution in [1.82, 2.24) is 0 Å². The van der Waals surface area contributed by atoms with Crippen LogP contribution in [0.25, 0.3) is 11.1 Å². The highest BCUT2D eigenvalue weighted by molar-refractivity contribution is 5.80. The van der Waals surface area contributed by atoms with Gasteiger partial charge in [0.1, 0.15) is 5.75 Å². The van der Waals surface area contributed by atoms with Gasteiger partial charge in [-0.1, -0.05) is 85.8 Å². The van der Waals surface area contributed by atoms with Gasteiger partial charge in [-0.2, -0.15) is 0 Å². The molecule has 0 aromatic heterocycles. The van der Waals surface area contributed by atoms with E-state index < -0.39 is 0 Å². The van der Waals surface area contributed by atoms with Crippen LogP contribution in [0, 0.1) is 0 Å². The number of hydrogen-bond acceptors (Lipinski definition) is 5. The zero-order valence-electron chi connectivity index (χ0n) is 26.5. The van der Waals surface area contributed by atoms with Crippen molar-refractivity contribution in [2.45, 2.75) is 19.8 Å². The van der Waals surface area contributed by atoms with E-state index in [0.717, 1.165) is 51.0 Å². The number of benzene rings is 6. The molecule has 0 aliphatic rings. The van der Waals surface area contributed by atoms with Gasteiger partial charge in [0.05, 0.1) is 13.2 Å². The van der Waals surface area contributed by atoms with E-state index in [-0.39, 0.29) is 5.97 Å². The van der Waals surface area contributed by atoms with Crippen molar-refractivity contribution in [2.75, 3.05) is 23.0 Å². The second kappa shape index (κ2) is 15.5. The first kappa shape index (κ1) is 31.2. The van der Waals surface area contributed by atoms with E-state index in [0.29, 0.717) is 26.1 Å². The van der Waals surface area contributed by atoms with Gasteiger partial charge in [0.25, 0.3) is 0 Å². The molecule has 5 heteroatoms. The van der Waals surface area contributed by atoms with Gasteiger partial charge in [0.2, 0.25) is 0 Å². The first-order valence-corrected chi connectivity index (χ1v) is 16.0. The Balaban J connectivity index is 1.20. The second-order valence-corrected chi connectivity index (χ2v) is 11.0. The fraction of sp³-hybridized carbons (Fsp3) is 0.119. The van der Waals surface area contributed by atoms with Crippen molar-refractivity contribution < 1.29 is 14.3 Å². The molecule has 5 nitrogen and oxygen atoms in total. The van der Waals surface area contributed by atoms with Crippen LogP contribution in [0.1, 0.15) is 19.8 Å². The van der Waals surface area contributed by atoms with Crippen LogP contribution in [0.5, 0.6) is 5.75 Å². The van der Waals surface area contributed by atoms with Crippen molar-refractivity contribution in [3.63, 3.8) is 0 Å². The first-order valence-electron chi connectivity index (χ1n) is 16.0. The number of hydrogen-bond donors (Lipinski definition) is 0. The molecule has 0 atom stereocenters. The largest absolute Gasteiger partial charge is 0.493 e. The molecule has 0 radical (unpaired) electrons. The lowest BCUT2D eigenvalue weighted by Crippen LogP contribution is -2.10. The molecule has 6 aromatic carbocycles. The van der Waals surface area contributed by atoms with Gasteiger partial charge in [0.15, 0.2) is 0 Å². The van der Waals surface area contributed by atoms with Gasteiger partial charge in [-0.3, -0.25) is 4.79 Å². The molecule has 0 heterocycles. The van der Waals surface area contributed by atoms with Crippen LogP contribution in [-0.4, -0.2) is 19.2 Å². The lowest BCUT2D eigenvalue weighted by molar-refractivity contribution is -0.143. The van der Waals surface area contributed by atoms with E-state index in [1.165, 1.54) is 0 Å². The number of para-hydroxylation sites is 3. The Morgan fingerprint density at radius 3 is 1.21 bits per heavy atom. The summed E-state index contributed by atoms with van der Waals surface area (Å²) < 4.78 is 11.0. The fourth-order valence-electron chi connectivity index (χ4n) is 5.46. The third-order valence-corrected chi connectivity index (χ3v) is 7.83. The molecule has 0 bridgehead atoms. The number of anilines is 6. The third-order valence-electron chi connectivity index (χ3n) is 7.83. The van der Waals surface area contributed by atoms with Crippen molar-refractivity contribution in [1.29, 1.82) is 0 Å². The van der Waals surface area contributed by atoms with E-state index in [1.807, 2.05) is 30.3 Å². The summed E-state index contributed by atoms with van der Waals surface area (Å²) in [6.07, 6.45) is 1.04. The monoisotopic (exact) mass is 618 g/mol. The fourth-order valence-corrected chi connectivity index (χ4v) is 5.46. The molecule has 234 valence electrons. The number of esters is 1. The summed E-state index contributed by atoms with van der Waals surface area (Å²) in [5, 5.41) is 0. The minimum atomic E-state index is -0.185. The second-order valence-electron chi connectivity index (χ2n) is 11.0. The average Bonchev–Trinajstić information content (AvgIpc) is 3.14. The Hall–Kier alpha value is -5.81. The first-order chi connectivity index (χ1) is 23.2. The lowest BCUT2D eigenvalue weighted by atomic mass is 10.0. The minimum absolute atomic E-state index is 0.185. The van der Waals surface area contributed by atoms with Crippen LogP contribution in [-0.2, 0) is 9.53 Å². The number of rotatable bonds is 13. The number of carbonyl (C=O) groups excluding carboxylic acids is 1. The molecule has 0 saturated heterocycles. The maximum absolute atomic E-state index is 11.3. The van der Waals surface area contributed by atoms with E-state index >= 15 is 0 Å². The standard InChI is InChI=1S/C42H38N2O3/c1-2-42(45)47-32-12-31-46-41-29-27-40(28-30-41)44(37-17-10-5-11-18-37)39-25-21-34(22-26-39)33-19-23-38(24-20-33)43(35-13-6-3-7-14-35)36-15-8-4-9-16-36/h3-11,13-30H,2,12,31-32H2,1H3. The Morgan fingerprint density at radius 2 is 0.830 bits per heavy atom. The zero-order valence-corrected chi connectivity index (χ0v) is 26.5. The van der Waals surface area contributed by atoms with Crippen LogP contribution in [0.3, 0.4) is 0 Å². The van der Waals surface area contributed by atoms with Gasteiger partial charge in [0, 0.05) is 47.0 Å². The van der Waals surface area contributed by atoms with Gasteiger partial charge in [-0.25, -0.2) is 0 Å². The van der Waals surface area contributed by atoms with Gasteiger partial charge in [-0.15, -0.1) is 0 Å². The number of nitrogens with zero attached hydrogens (tertiary/aromatic N) is 2. The van der Waals surface area contributed by atoms with Crippen molar-refractivity contribution in [2.24, 2.45) is 0 Å². The highest BCUT2D eigenvalue weighted by atomic mass is 16.5. The SMILES string of the molecule is CCC(=O)OCCCOc1ccc(N(c2ccccc2)c2ccc(-c3ccc(N(c4ccccc4)c4ccccc4)cc3)cc2)cc1. The van der Waals surface area contributed by atoms with Crippen molar-refractivity contribution in [3.05, 3.63) is 164 Å². The quantitative estimate of drug-likeness (QED) is 0.0951. The topological polar surface area (TPSA) is 42.0 Å². The van der Waals surface area contributed by atoms with Crippen molar-refractivity contribution in [3.8, 4) is 16.9 Å². The third kappa shape index (κ3) is 7.89. The maximum Gasteiger partial charge on any atom is 0.305 e. The summed E-state index contributed by atoms with van der Waals surface area (Å²) in [5.74, 6) is 0.593. The Kier molecular flexibility index (Phi) is 10.3. The van der Waals surface area contributed by atoms with Crippen LogP contribution in [0.2, 0.25) is 0 Å². The smallest absolute Gasteiger partial charge is 0.305 e. The molecule has 47 heavy (non-hydrogen) atoms. The molecule has 0 saturated carbocycles. The maximum atomic E-state index is 11.3. The molecule has 6 rings (SSSR count). The van der Waals surface area contributed by atoms with E-state index in [9.17, 15) is 4.79 Å². The molecule has 0 aliphatic heterocycles. The molecule has 0 fully saturated rings. The normalized spacial score (nSPS) is 10.7. The number of ether oxygens (including phenoxy) is 2. The summed E-state index contributed by atoms with van der Waals surface area (Å²) in [7, 11) is 0. The lowest BCUT2D eigenvalue weighted by Gasteiger charge is -2.26. The average molecular weight is 619 g/mol. The zero-order chi connectivity index (χ0) is 32.3. The molecule has 0 N–H and O–H groups in total. The van der Waals surface area contributed by atoms with Crippen LogP contribution < -0.4 is 14.5 Å². The molecule has 0 spiro atoms. The molecule has 0 aliphatic carbocycles. The van der Waals surface area contributed by atoms with E-state index in [4.69, 9.17) is 9.47 Å². The van der Waals surface area contributed by atoms with Crippen LogP contribution in [0.15, 0.2) is 164 Å². The summed E-state index contributed by atoms with van der Waals surface area (Å²) in [6, 6.07) is 56.8. The molecular weight excluding hydrogens is 580 g/mol. The Bertz CT molecular complexity index is 1790. The molecule has 6 aromatic rings. The van der Waals surface area contributed by atoms with Crippen molar-refractivity contribution >= 4 is 40.1 Å². The highest BCUT2D eigenvalue weighted by Crippen LogP contribution is 2.38. The number of carbonyl (C=O) groups is 1. The minimum Gasteiger partial charge on any atom is -0.493 e. The van der Waals surface area contributed by atoms with Crippen LogP contribution in [0.4, 0.5) is 34.1 Å². The van der Waals surface area contributed by atoms with Crippen LogP contribution >= 0.6 is 0 Å². The molecular formula is C42H38N2O3. The van der Waals surface area contributed by atoms with Gasteiger partial charge in [-0.05, 0) is 96.1 Å². The van der Waals surface area contributed by atoms with E-state index in [2.05, 4.69) is 143 Å². The molecule has 0 amide bonds.